The van der Waals surface area contributed by atoms with Gasteiger partial charge in [0.05, 0.1) is 15.6 Å². The van der Waals surface area contributed by atoms with Crippen LogP contribution in [-0.4, -0.2) is 28.0 Å². The number of anilines is 1. The number of thiocarbonyl (C=S) groups is 1. The maximum absolute atomic E-state index is 10.9. The average Bonchev–Trinajstić information content (AvgIpc) is 2.62. The number of nitrogens with zero attached hydrogens (tertiary/aromatic N) is 2. The maximum Gasteiger partial charge on any atom is 0.271 e. The highest BCUT2D eigenvalue weighted by Gasteiger charge is 2.12. The van der Waals surface area contributed by atoms with E-state index in [4.69, 9.17) is 23.8 Å². The van der Waals surface area contributed by atoms with Gasteiger partial charge in [-0.15, -0.1) is 0 Å². The molecule has 2 N–H and O–H groups in total. The van der Waals surface area contributed by atoms with E-state index in [9.17, 15) is 10.1 Å². The van der Waals surface area contributed by atoms with Crippen molar-refractivity contribution < 1.29 is 4.92 Å². The molecule has 0 atom stereocenters. The third-order valence-corrected chi connectivity index (χ3v) is 4.84. The van der Waals surface area contributed by atoms with E-state index < -0.39 is 4.92 Å². The van der Waals surface area contributed by atoms with Gasteiger partial charge >= 0.3 is 0 Å². The van der Waals surface area contributed by atoms with Gasteiger partial charge in [0.1, 0.15) is 0 Å². The van der Waals surface area contributed by atoms with Gasteiger partial charge in [0.25, 0.3) is 5.69 Å². The van der Waals surface area contributed by atoms with Gasteiger partial charge in [-0.05, 0) is 50.3 Å². The van der Waals surface area contributed by atoms with Crippen molar-refractivity contribution in [3.05, 3.63) is 68.7 Å². The molecule has 2 aromatic rings. The summed E-state index contributed by atoms with van der Waals surface area (Å²) in [6.07, 6.45) is 0. The van der Waals surface area contributed by atoms with Crippen molar-refractivity contribution in [3.63, 3.8) is 0 Å². The van der Waals surface area contributed by atoms with Gasteiger partial charge in [0, 0.05) is 31.3 Å². The van der Waals surface area contributed by atoms with Gasteiger partial charge in [0.2, 0.25) is 0 Å². The van der Waals surface area contributed by atoms with Crippen molar-refractivity contribution >= 4 is 40.3 Å². The zero-order valence-electron chi connectivity index (χ0n) is 15.5. The Bertz CT molecular complexity index is 829. The summed E-state index contributed by atoms with van der Waals surface area (Å²) >= 11 is 11.4. The molecule has 2 aromatic carbocycles. The van der Waals surface area contributed by atoms with Crippen LogP contribution in [0.1, 0.15) is 25.0 Å². The summed E-state index contributed by atoms with van der Waals surface area (Å²) in [5, 5.41) is 17.7. The second kappa shape index (κ2) is 9.64. The Morgan fingerprint density at radius 1 is 1.26 bits per heavy atom. The number of non-ortho nitro benzene ring substituents is 1. The molecule has 0 saturated carbocycles. The van der Waals surface area contributed by atoms with Crippen molar-refractivity contribution in [1.82, 2.24) is 10.2 Å². The molecular formula is C19H23ClN4O2S. The van der Waals surface area contributed by atoms with E-state index in [2.05, 4.69) is 48.6 Å². The number of hydrogen-bond donors (Lipinski definition) is 2. The monoisotopic (exact) mass is 406 g/mol. The fourth-order valence-electron chi connectivity index (χ4n) is 2.40. The van der Waals surface area contributed by atoms with Gasteiger partial charge in [-0.25, -0.2) is 0 Å². The first-order valence-electron chi connectivity index (χ1n) is 8.53. The van der Waals surface area contributed by atoms with E-state index in [1.54, 1.807) is 0 Å². The molecule has 0 aliphatic carbocycles. The minimum Gasteiger partial charge on any atom is -0.358 e. The van der Waals surface area contributed by atoms with Gasteiger partial charge in [-0.1, -0.05) is 35.9 Å². The van der Waals surface area contributed by atoms with E-state index in [1.165, 1.54) is 23.8 Å². The zero-order chi connectivity index (χ0) is 20.0. The second-order valence-corrected chi connectivity index (χ2v) is 7.32. The molecule has 0 aliphatic rings. The van der Waals surface area contributed by atoms with Crippen molar-refractivity contribution in [2.45, 2.75) is 33.0 Å². The van der Waals surface area contributed by atoms with Crippen molar-refractivity contribution in [3.8, 4) is 0 Å². The van der Waals surface area contributed by atoms with E-state index in [0.717, 1.165) is 12.1 Å². The normalized spacial score (nSPS) is 10.9. The third-order valence-electron chi connectivity index (χ3n) is 4.27. The van der Waals surface area contributed by atoms with Crippen LogP contribution in [0.4, 0.5) is 11.4 Å². The Kier molecular flexibility index (Phi) is 7.53. The number of benzene rings is 2. The minimum absolute atomic E-state index is 0.0493. The van der Waals surface area contributed by atoms with Gasteiger partial charge in [-0.3, -0.25) is 15.0 Å². The lowest BCUT2D eigenvalue weighted by Gasteiger charge is -2.23. The van der Waals surface area contributed by atoms with Gasteiger partial charge < -0.3 is 10.6 Å². The van der Waals surface area contributed by atoms with Crippen molar-refractivity contribution in [2.24, 2.45) is 0 Å². The van der Waals surface area contributed by atoms with Crippen LogP contribution in [0.3, 0.4) is 0 Å². The largest absolute Gasteiger partial charge is 0.358 e. The SMILES string of the molecule is CC(C)N(C)Cc1ccccc1CNC(=S)Nc1cc([N+](=O)[O-])ccc1Cl. The molecule has 144 valence electrons. The predicted molar refractivity (Wildman–Crippen MR) is 114 cm³/mol. The van der Waals surface area contributed by atoms with Crippen LogP contribution in [0.5, 0.6) is 0 Å². The van der Waals surface area contributed by atoms with Crippen LogP contribution < -0.4 is 10.6 Å². The highest BCUT2D eigenvalue weighted by atomic mass is 35.5. The Morgan fingerprint density at radius 2 is 1.93 bits per heavy atom. The molecule has 8 heteroatoms. The molecule has 0 bridgehead atoms. The molecule has 27 heavy (non-hydrogen) atoms. The summed E-state index contributed by atoms with van der Waals surface area (Å²) in [6.45, 7) is 5.69. The summed E-state index contributed by atoms with van der Waals surface area (Å²) in [5.74, 6) is 0. The molecule has 0 unspecified atom stereocenters. The molecule has 0 fully saturated rings. The third kappa shape index (κ3) is 6.16. The Balaban J connectivity index is 2.02. The van der Waals surface area contributed by atoms with E-state index in [0.29, 0.717) is 28.4 Å². The fourth-order valence-corrected chi connectivity index (χ4v) is 2.75. The van der Waals surface area contributed by atoms with Crippen molar-refractivity contribution in [1.29, 1.82) is 0 Å². The van der Waals surface area contributed by atoms with Crippen molar-refractivity contribution in [2.75, 3.05) is 12.4 Å². The van der Waals surface area contributed by atoms with Gasteiger partial charge in [-0.2, -0.15) is 0 Å². The number of hydrogen-bond acceptors (Lipinski definition) is 4. The Hall–Kier alpha value is -2.22. The molecular weight excluding hydrogens is 384 g/mol. The smallest absolute Gasteiger partial charge is 0.271 e. The molecule has 0 spiro atoms. The van der Waals surface area contributed by atoms with Crippen LogP contribution >= 0.6 is 23.8 Å². The summed E-state index contributed by atoms with van der Waals surface area (Å²) < 4.78 is 0. The number of rotatable bonds is 7. The second-order valence-electron chi connectivity index (χ2n) is 6.51. The summed E-state index contributed by atoms with van der Waals surface area (Å²) in [6, 6.07) is 12.8. The van der Waals surface area contributed by atoms with Crippen LogP contribution in [0.2, 0.25) is 5.02 Å². The van der Waals surface area contributed by atoms with E-state index in [1.807, 2.05) is 12.1 Å². The molecule has 0 aromatic heterocycles. The highest BCUT2D eigenvalue weighted by Crippen LogP contribution is 2.26. The molecule has 0 radical (unpaired) electrons. The molecule has 2 rings (SSSR count). The maximum atomic E-state index is 10.9. The molecule has 0 saturated heterocycles. The molecule has 0 heterocycles. The zero-order valence-corrected chi connectivity index (χ0v) is 17.1. The fraction of sp³-hybridized carbons (Fsp3) is 0.316. The predicted octanol–water partition coefficient (Wildman–Crippen LogP) is 4.58. The molecule has 6 nitrogen and oxygen atoms in total. The topological polar surface area (TPSA) is 70.4 Å². The lowest BCUT2D eigenvalue weighted by Crippen LogP contribution is -2.30. The van der Waals surface area contributed by atoms with Crippen LogP contribution in [0.25, 0.3) is 0 Å². The number of halogens is 1. The highest BCUT2D eigenvalue weighted by molar-refractivity contribution is 7.80. The number of nitro benzene ring substituents is 1. The average molecular weight is 407 g/mol. The van der Waals surface area contributed by atoms with E-state index in [-0.39, 0.29) is 5.69 Å². The number of nitrogens with one attached hydrogen (secondary N) is 2. The van der Waals surface area contributed by atoms with Crippen LogP contribution in [0, 0.1) is 10.1 Å². The first-order chi connectivity index (χ1) is 12.8. The molecule has 0 aliphatic heterocycles. The van der Waals surface area contributed by atoms with Crippen LogP contribution in [-0.2, 0) is 13.1 Å². The summed E-state index contributed by atoms with van der Waals surface area (Å²) in [5.41, 5.74) is 2.71. The molecule has 0 amide bonds. The first kappa shape index (κ1) is 21.1. The lowest BCUT2D eigenvalue weighted by atomic mass is 10.1. The summed E-state index contributed by atoms with van der Waals surface area (Å²) in [7, 11) is 2.09. The van der Waals surface area contributed by atoms with Gasteiger partial charge in [0.15, 0.2) is 5.11 Å². The first-order valence-corrected chi connectivity index (χ1v) is 9.32. The van der Waals surface area contributed by atoms with Crippen LogP contribution in [0.15, 0.2) is 42.5 Å². The number of nitro groups is 1. The Labute approximate surface area is 169 Å². The van der Waals surface area contributed by atoms with E-state index >= 15 is 0 Å². The Morgan fingerprint density at radius 3 is 2.56 bits per heavy atom. The quantitative estimate of drug-likeness (QED) is 0.398. The minimum atomic E-state index is -0.473. The summed E-state index contributed by atoms with van der Waals surface area (Å²) in [4.78, 5) is 12.7. The standard InChI is InChI=1S/C19H23ClN4O2S/c1-13(2)23(3)12-15-7-5-4-6-14(15)11-21-19(27)22-18-10-16(24(25)26)8-9-17(18)20/h4-10,13H,11-12H2,1-3H3,(H2,21,22,27). The lowest BCUT2D eigenvalue weighted by molar-refractivity contribution is -0.384.